The van der Waals surface area contributed by atoms with Crippen LogP contribution in [0.2, 0.25) is 0 Å². The Hall–Kier alpha value is -3.68. The van der Waals surface area contributed by atoms with Crippen molar-refractivity contribution in [3.05, 3.63) is 75.7 Å². The van der Waals surface area contributed by atoms with Crippen LogP contribution in [0.15, 0.2) is 58.4 Å². The first-order chi connectivity index (χ1) is 13.2. The Kier molecular flexibility index (Phi) is 5.78. The highest BCUT2D eigenvalue weighted by Gasteiger charge is 2.06. The Balaban J connectivity index is 1.70. The summed E-state index contributed by atoms with van der Waals surface area (Å²) in [4.78, 5) is 14.0. The molecule has 27 heavy (non-hydrogen) atoms. The second-order valence-electron chi connectivity index (χ2n) is 5.64. The van der Waals surface area contributed by atoms with Gasteiger partial charge in [-0.2, -0.15) is 5.10 Å². The average Bonchev–Trinajstić information content (AvgIpc) is 2.70. The maximum absolute atomic E-state index is 11.5. The lowest BCUT2D eigenvalue weighted by Gasteiger charge is -2.11. The van der Waals surface area contributed by atoms with Crippen molar-refractivity contribution in [3.63, 3.8) is 0 Å². The number of hydrogen-bond donors (Lipinski definition) is 2. The molecule has 0 fully saturated rings. The van der Waals surface area contributed by atoms with Crippen molar-refractivity contribution in [3.8, 4) is 11.5 Å². The summed E-state index contributed by atoms with van der Waals surface area (Å²) in [7, 11) is 1.59. The molecule has 0 aliphatic rings. The highest BCUT2D eigenvalue weighted by molar-refractivity contribution is 5.81. The summed E-state index contributed by atoms with van der Waals surface area (Å²) in [5, 5.41) is 11.6. The highest BCUT2D eigenvalue weighted by atomic mass is 16.5. The molecule has 0 atom stereocenters. The summed E-state index contributed by atoms with van der Waals surface area (Å²) in [5.41, 5.74) is 4.45. The van der Waals surface area contributed by atoms with Gasteiger partial charge in [0.25, 0.3) is 5.56 Å². The quantitative estimate of drug-likeness (QED) is 0.493. The van der Waals surface area contributed by atoms with Gasteiger partial charge in [0.1, 0.15) is 12.3 Å². The Bertz CT molecular complexity index is 986. The first-order valence-corrected chi connectivity index (χ1v) is 8.23. The van der Waals surface area contributed by atoms with Crippen LogP contribution in [0.1, 0.15) is 16.8 Å². The zero-order chi connectivity index (χ0) is 19.1. The number of methoxy groups -OCH3 is 1. The Labute approximate surface area is 155 Å². The van der Waals surface area contributed by atoms with Gasteiger partial charge >= 0.3 is 0 Å². The fourth-order valence-electron chi connectivity index (χ4n) is 2.23. The molecule has 8 heteroatoms. The van der Waals surface area contributed by atoms with E-state index in [4.69, 9.17) is 9.47 Å². The SMILES string of the molecule is COc1ccc(/C=N\Nc2nnc(C)c(=O)[nH]2)cc1OCc1ccccc1. The molecule has 0 unspecified atom stereocenters. The topological polar surface area (TPSA) is 101 Å². The molecule has 0 aliphatic carbocycles. The average molecular weight is 365 g/mol. The molecule has 2 aromatic carbocycles. The van der Waals surface area contributed by atoms with E-state index in [1.807, 2.05) is 42.5 Å². The van der Waals surface area contributed by atoms with Crippen LogP contribution in [-0.4, -0.2) is 28.5 Å². The number of nitrogens with one attached hydrogen (secondary N) is 2. The molecule has 138 valence electrons. The molecule has 0 bridgehead atoms. The fraction of sp³-hybridized carbons (Fsp3) is 0.158. The highest BCUT2D eigenvalue weighted by Crippen LogP contribution is 2.28. The summed E-state index contributed by atoms with van der Waals surface area (Å²) < 4.78 is 11.2. The van der Waals surface area contributed by atoms with Crippen molar-refractivity contribution < 1.29 is 9.47 Å². The van der Waals surface area contributed by atoms with E-state index in [0.717, 1.165) is 11.1 Å². The maximum Gasteiger partial charge on any atom is 0.274 e. The third-order valence-electron chi connectivity index (χ3n) is 3.67. The number of aromatic nitrogens is 3. The fourth-order valence-corrected chi connectivity index (χ4v) is 2.23. The van der Waals surface area contributed by atoms with Crippen LogP contribution >= 0.6 is 0 Å². The molecule has 0 saturated carbocycles. The van der Waals surface area contributed by atoms with Crippen LogP contribution in [0.5, 0.6) is 11.5 Å². The second kappa shape index (κ2) is 8.61. The first-order valence-electron chi connectivity index (χ1n) is 8.23. The Morgan fingerprint density at radius 2 is 1.96 bits per heavy atom. The molecule has 0 radical (unpaired) electrons. The molecule has 3 rings (SSSR count). The number of rotatable bonds is 7. The molecule has 0 aliphatic heterocycles. The summed E-state index contributed by atoms with van der Waals surface area (Å²) in [6.07, 6.45) is 1.58. The third-order valence-corrected chi connectivity index (χ3v) is 3.67. The molecule has 0 saturated heterocycles. The van der Waals surface area contributed by atoms with Gasteiger partial charge in [0.05, 0.1) is 13.3 Å². The van der Waals surface area contributed by atoms with Crippen LogP contribution in [0.3, 0.4) is 0 Å². The van der Waals surface area contributed by atoms with Crippen molar-refractivity contribution in [1.82, 2.24) is 15.2 Å². The Morgan fingerprint density at radius 3 is 2.70 bits per heavy atom. The zero-order valence-corrected chi connectivity index (χ0v) is 15.0. The largest absolute Gasteiger partial charge is 0.493 e. The van der Waals surface area contributed by atoms with Crippen LogP contribution in [0.4, 0.5) is 5.95 Å². The summed E-state index contributed by atoms with van der Waals surface area (Å²) >= 11 is 0. The zero-order valence-electron chi connectivity index (χ0n) is 15.0. The summed E-state index contributed by atoms with van der Waals surface area (Å²) in [6, 6.07) is 15.3. The summed E-state index contributed by atoms with van der Waals surface area (Å²) in [6.45, 7) is 2.00. The Morgan fingerprint density at radius 1 is 1.15 bits per heavy atom. The van der Waals surface area contributed by atoms with Gasteiger partial charge in [-0.25, -0.2) is 5.43 Å². The van der Waals surface area contributed by atoms with Gasteiger partial charge in [-0.15, -0.1) is 10.2 Å². The van der Waals surface area contributed by atoms with E-state index in [1.165, 1.54) is 0 Å². The van der Waals surface area contributed by atoms with Crippen LogP contribution in [0, 0.1) is 6.92 Å². The molecular weight excluding hydrogens is 346 g/mol. The van der Waals surface area contributed by atoms with Crippen LogP contribution < -0.4 is 20.5 Å². The van der Waals surface area contributed by atoms with E-state index in [1.54, 1.807) is 26.3 Å². The predicted molar refractivity (Wildman–Crippen MR) is 102 cm³/mol. The van der Waals surface area contributed by atoms with E-state index in [0.29, 0.717) is 23.8 Å². The van der Waals surface area contributed by atoms with Crippen molar-refractivity contribution in [2.24, 2.45) is 5.10 Å². The smallest absolute Gasteiger partial charge is 0.274 e. The number of anilines is 1. The first kappa shape index (κ1) is 18.1. The van der Waals surface area contributed by atoms with E-state index >= 15 is 0 Å². The van der Waals surface area contributed by atoms with Gasteiger partial charge < -0.3 is 9.47 Å². The number of benzene rings is 2. The molecule has 0 spiro atoms. The molecular formula is C19H19N5O3. The monoisotopic (exact) mass is 365 g/mol. The number of hydrogen-bond acceptors (Lipinski definition) is 7. The molecule has 1 aromatic heterocycles. The lowest BCUT2D eigenvalue weighted by molar-refractivity contribution is 0.284. The van der Waals surface area contributed by atoms with Gasteiger partial charge in [-0.3, -0.25) is 9.78 Å². The van der Waals surface area contributed by atoms with E-state index < -0.39 is 0 Å². The van der Waals surface area contributed by atoms with E-state index in [2.05, 4.69) is 25.7 Å². The lowest BCUT2D eigenvalue weighted by atomic mass is 10.2. The van der Waals surface area contributed by atoms with Gasteiger partial charge in [0.2, 0.25) is 5.95 Å². The minimum absolute atomic E-state index is 0.163. The second-order valence-corrected chi connectivity index (χ2v) is 5.64. The number of ether oxygens (including phenoxy) is 2. The van der Waals surface area contributed by atoms with Crippen LogP contribution in [-0.2, 0) is 6.61 Å². The minimum atomic E-state index is -0.316. The normalized spacial score (nSPS) is 10.7. The molecule has 0 amide bonds. The minimum Gasteiger partial charge on any atom is -0.493 e. The van der Waals surface area contributed by atoms with Gasteiger partial charge in [-0.1, -0.05) is 30.3 Å². The number of H-pyrrole nitrogens is 1. The van der Waals surface area contributed by atoms with Crippen molar-refractivity contribution in [1.29, 1.82) is 0 Å². The number of aromatic amines is 1. The lowest BCUT2D eigenvalue weighted by Crippen LogP contribution is -2.15. The van der Waals surface area contributed by atoms with Crippen LogP contribution in [0.25, 0.3) is 0 Å². The van der Waals surface area contributed by atoms with E-state index in [9.17, 15) is 4.79 Å². The van der Waals surface area contributed by atoms with Crippen molar-refractivity contribution >= 4 is 12.2 Å². The van der Waals surface area contributed by atoms with Gasteiger partial charge in [0.15, 0.2) is 11.5 Å². The third kappa shape index (κ3) is 4.91. The number of nitrogens with zero attached hydrogens (tertiary/aromatic N) is 3. The molecule has 1 heterocycles. The molecule has 8 nitrogen and oxygen atoms in total. The van der Waals surface area contributed by atoms with Gasteiger partial charge in [-0.05, 0) is 36.2 Å². The van der Waals surface area contributed by atoms with Crippen molar-refractivity contribution in [2.75, 3.05) is 12.5 Å². The summed E-state index contributed by atoms with van der Waals surface area (Å²) in [5.74, 6) is 1.40. The van der Waals surface area contributed by atoms with Crippen molar-refractivity contribution in [2.45, 2.75) is 13.5 Å². The molecule has 3 aromatic rings. The van der Waals surface area contributed by atoms with E-state index in [-0.39, 0.29) is 11.5 Å². The molecule has 2 N–H and O–H groups in total. The number of aryl methyl sites for hydroxylation is 1. The van der Waals surface area contributed by atoms with Gasteiger partial charge in [0, 0.05) is 0 Å². The predicted octanol–water partition coefficient (Wildman–Crippen LogP) is 2.51. The standard InChI is InChI=1S/C19H19N5O3/c1-13-18(25)21-19(24-22-13)23-20-11-15-8-9-16(26-2)17(10-15)27-12-14-6-4-3-5-7-14/h3-11H,12H2,1-2H3,(H2,21,23,24,25)/b20-11-. The maximum atomic E-state index is 11.5. The number of hydrazone groups is 1.